The lowest BCUT2D eigenvalue weighted by Crippen LogP contribution is -2.42. The van der Waals surface area contributed by atoms with E-state index in [-0.39, 0.29) is 30.8 Å². The van der Waals surface area contributed by atoms with E-state index in [9.17, 15) is 9.90 Å². The predicted molar refractivity (Wildman–Crippen MR) is 103 cm³/mol. The summed E-state index contributed by atoms with van der Waals surface area (Å²) < 4.78 is 12.4. The van der Waals surface area contributed by atoms with E-state index >= 15 is 0 Å². The zero-order valence-electron chi connectivity index (χ0n) is 16.6. The van der Waals surface area contributed by atoms with Crippen molar-refractivity contribution in [3.05, 3.63) is 23.5 Å². The second kappa shape index (κ2) is 9.24. The van der Waals surface area contributed by atoms with Crippen LogP contribution in [0.3, 0.4) is 0 Å². The van der Waals surface area contributed by atoms with Crippen LogP contribution in [0.2, 0.25) is 0 Å². The normalized spacial score (nSPS) is 34.7. The molecule has 27 heavy (non-hydrogen) atoms. The van der Waals surface area contributed by atoms with E-state index in [0.717, 1.165) is 37.9 Å². The number of aliphatic hydroxyl groups excluding tert-OH is 1. The van der Waals surface area contributed by atoms with Gasteiger partial charge >= 0.3 is 5.97 Å². The minimum Gasteiger partial charge on any atom is -0.492 e. The van der Waals surface area contributed by atoms with Crippen LogP contribution >= 0.6 is 0 Å². The summed E-state index contributed by atoms with van der Waals surface area (Å²) in [5, 5.41) is 19.0. The lowest BCUT2D eigenvalue weighted by Gasteiger charge is -2.38. The van der Waals surface area contributed by atoms with Gasteiger partial charge in [0.1, 0.15) is 6.10 Å². The number of allylic oxidation sites excluding steroid dienone is 2. The highest BCUT2D eigenvalue weighted by Gasteiger charge is 2.57. The maximum atomic E-state index is 10.7. The molecule has 0 aromatic rings. The number of carboxylic acid groups (broad SMARTS) is 1. The number of hydrogen-bond acceptors (Lipinski definition) is 4. The zero-order chi connectivity index (χ0) is 19.4. The first kappa shape index (κ1) is 20.4. The largest absolute Gasteiger partial charge is 0.492 e. The number of ether oxygens (including phenoxy) is 2. The second-order valence-corrected chi connectivity index (χ2v) is 8.38. The molecule has 0 aliphatic carbocycles. The number of hydrogen-bond donors (Lipinski definition) is 2. The van der Waals surface area contributed by atoms with Crippen LogP contribution in [0, 0.1) is 11.8 Å². The van der Waals surface area contributed by atoms with Gasteiger partial charge in [-0.2, -0.15) is 0 Å². The Morgan fingerprint density at radius 2 is 2.07 bits per heavy atom. The molecule has 0 amide bonds. The first-order chi connectivity index (χ1) is 13.0. The van der Waals surface area contributed by atoms with Crippen LogP contribution in [0.5, 0.6) is 0 Å². The summed E-state index contributed by atoms with van der Waals surface area (Å²) in [7, 11) is 0. The molecule has 3 aliphatic heterocycles. The summed E-state index contributed by atoms with van der Waals surface area (Å²) in [4.78, 5) is 10.7. The van der Waals surface area contributed by atoms with Crippen molar-refractivity contribution >= 4 is 5.97 Å². The Bertz CT molecular complexity index is 581. The minimum absolute atomic E-state index is 0.136. The molecule has 152 valence electrons. The fourth-order valence-corrected chi connectivity index (χ4v) is 4.78. The lowest BCUT2D eigenvalue weighted by molar-refractivity contribution is -0.137. The van der Waals surface area contributed by atoms with E-state index in [4.69, 9.17) is 14.6 Å². The van der Waals surface area contributed by atoms with Crippen LogP contribution in [0.15, 0.2) is 23.5 Å². The SMILES string of the molecule is CCCCC[C@@H](O)C=C[C@H]1[C@H]2CC(=C(C)CCCC(=O)O)O[C@H]3C[C@@H]1O[C@@H]23. The number of fused-ring (bicyclic) bond motifs is 1. The standard InChI is InChI=1S/C22H34O5/c1-3-4-5-8-15(23)10-11-16-17-12-18(14(2)7-6-9-21(24)25)26-20-13-19(16)27-22(17)20/h10-11,15-17,19-20,22-23H,3-9,12-13H2,1-2H3,(H,24,25)/t15-,16+,17-,19+,20+,22+/m1/s1. The van der Waals surface area contributed by atoms with Gasteiger partial charge in [-0.15, -0.1) is 0 Å². The Labute approximate surface area is 162 Å². The van der Waals surface area contributed by atoms with Crippen molar-refractivity contribution in [2.45, 2.75) is 96.1 Å². The predicted octanol–water partition coefficient (Wildman–Crippen LogP) is 4.21. The summed E-state index contributed by atoms with van der Waals surface area (Å²) in [5.41, 5.74) is 1.17. The van der Waals surface area contributed by atoms with Gasteiger partial charge in [-0.1, -0.05) is 38.3 Å². The van der Waals surface area contributed by atoms with Crippen LogP contribution in [-0.4, -0.2) is 40.6 Å². The van der Waals surface area contributed by atoms with Gasteiger partial charge in [0.05, 0.1) is 24.1 Å². The Balaban J connectivity index is 1.59. The van der Waals surface area contributed by atoms with E-state index in [2.05, 4.69) is 19.9 Å². The third kappa shape index (κ3) is 4.94. The van der Waals surface area contributed by atoms with E-state index in [0.29, 0.717) is 18.3 Å². The lowest BCUT2D eigenvalue weighted by atomic mass is 9.73. The molecule has 2 bridgehead atoms. The molecular formula is C22H34O5. The molecule has 3 heterocycles. The maximum Gasteiger partial charge on any atom is 0.303 e. The van der Waals surface area contributed by atoms with Crippen LogP contribution in [0.25, 0.3) is 0 Å². The molecule has 0 saturated carbocycles. The fraction of sp³-hybridized carbons (Fsp3) is 0.773. The van der Waals surface area contributed by atoms with Gasteiger partial charge in [0.15, 0.2) is 0 Å². The summed E-state index contributed by atoms with van der Waals surface area (Å²) in [6.07, 6.45) is 11.9. The zero-order valence-corrected chi connectivity index (χ0v) is 16.6. The van der Waals surface area contributed by atoms with E-state index in [1.54, 1.807) is 0 Å². The van der Waals surface area contributed by atoms with Crippen molar-refractivity contribution in [1.82, 2.24) is 0 Å². The number of unbranched alkanes of at least 4 members (excludes halogenated alkanes) is 2. The van der Waals surface area contributed by atoms with E-state index < -0.39 is 5.97 Å². The first-order valence-corrected chi connectivity index (χ1v) is 10.6. The second-order valence-electron chi connectivity index (χ2n) is 8.38. The van der Waals surface area contributed by atoms with Crippen molar-refractivity contribution < 1.29 is 24.5 Å². The molecule has 3 saturated heterocycles. The third-order valence-electron chi connectivity index (χ3n) is 6.30. The average Bonchev–Trinajstić information content (AvgIpc) is 3.19. The topological polar surface area (TPSA) is 76.0 Å². The monoisotopic (exact) mass is 378 g/mol. The smallest absolute Gasteiger partial charge is 0.303 e. The van der Waals surface area contributed by atoms with Gasteiger partial charge in [-0.05, 0) is 31.8 Å². The molecule has 5 nitrogen and oxygen atoms in total. The molecule has 0 spiro atoms. The quantitative estimate of drug-likeness (QED) is 0.440. The Hall–Kier alpha value is -1.33. The minimum atomic E-state index is -0.744. The third-order valence-corrected chi connectivity index (χ3v) is 6.30. The Morgan fingerprint density at radius 3 is 2.81 bits per heavy atom. The molecule has 3 fully saturated rings. The van der Waals surface area contributed by atoms with Crippen LogP contribution in [0.4, 0.5) is 0 Å². The van der Waals surface area contributed by atoms with Crippen molar-refractivity contribution in [2.75, 3.05) is 0 Å². The fourth-order valence-electron chi connectivity index (χ4n) is 4.78. The molecular weight excluding hydrogens is 344 g/mol. The van der Waals surface area contributed by atoms with Gasteiger partial charge in [-0.3, -0.25) is 4.79 Å². The van der Waals surface area contributed by atoms with Gasteiger partial charge in [0.2, 0.25) is 0 Å². The summed E-state index contributed by atoms with van der Waals surface area (Å²) in [6.45, 7) is 4.23. The number of aliphatic hydroxyl groups is 1. The maximum absolute atomic E-state index is 10.7. The molecule has 0 aromatic carbocycles. The van der Waals surface area contributed by atoms with Crippen molar-refractivity contribution in [2.24, 2.45) is 11.8 Å². The molecule has 3 rings (SSSR count). The van der Waals surface area contributed by atoms with Gasteiger partial charge in [0, 0.05) is 31.1 Å². The first-order valence-electron chi connectivity index (χ1n) is 10.6. The highest BCUT2D eigenvalue weighted by Crippen LogP contribution is 2.52. The highest BCUT2D eigenvalue weighted by atomic mass is 16.6. The highest BCUT2D eigenvalue weighted by molar-refractivity contribution is 5.66. The number of aliphatic carboxylic acids is 1. The molecule has 3 aliphatic rings. The molecule has 5 heteroatoms. The van der Waals surface area contributed by atoms with Gasteiger partial charge in [0.25, 0.3) is 0 Å². The molecule has 0 unspecified atom stereocenters. The number of rotatable bonds is 10. The van der Waals surface area contributed by atoms with Gasteiger partial charge in [-0.25, -0.2) is 0 Å². The van der Waals surface area contributed by atoms with Crippen molar-refractivity contribution in [3.63, 3.8) is 0 Å². The van der Waals surface area contributed by atoms with E-state index in [1.807, 2.05) is 6.08 Å². The van der Waals surface area contributed by atoms with Gasteiger partial charge < -0.3 is 19.7 Å². The van der Waals surface area contributed by atoms with Crippen LogP contribution < -0.4 is 0 Å². The van der Waals surface area contributed by atoms with Crippen molar-refractivity contribution in [1.29, 1.82) is 0 Å². The van der Waals surface area contributed by atoms with Crippen LogP contribution in [-0.2, 0) is 14.3 Å². The average molecular weight is 379 g/mol. The summed E-state index contributed by atoms with van der Waals surface area (Å²) >= 11 is 0. The molecule has 0 aromatic heterocycles. The number of carboxylic acids is 1. The Morgan fingerprint density at radius 1 is 1.26 bits per heavy atom. The summed E-state index contributed by atoms with van der Waals surface area (Å²) in [5.74, 6) is 1.05. The van der Waals surface area contributed by atoms with Crippen LogP contribution in [0.1, 0.15) is 71.6 Å². The number of carbonyl (C=O) groups is 1. The van der Waals surface area contributed by atoms with Crippen molar-refractivity contribution in [3.8, 4) is 0 Å². The molecule has 2 N–H and O–H groups in total. The Kier molecular flexibility index (Phi) is 6.99. The molecule has 6 atom stereocenters. The van der Waals surface area contributed by atoms with E-state index in [1.165, 1.54) is 18.4 Å². The molecule has 0 radical (unpaired) electrons. The summed E-state index contributed by atoms with van der Waals surface area (Å²) in [6, 6.07) is 0.